The van der Waals surface area contributed by atoms with Gasteiger partial charge in [-0.1, -0.05) is 12.2 Å². The zero-order chi connectivity index (χ0) is 11.9. The van der Waals surface area contributed by atoms with Crippen molar-refractivity contribution in [3.8, 4) is 0 Å². The molecule has 1 N–H and O–H groups in total. The highest BCUT2D eigenvalue weighted by atomic mass is 15.3. The smallest absolute Gasteiger partial charge is 0.0489 e. The Hall–Kier alpha value is -1.09. The van der Waals surface area contributed by atoms with Crippen molar-refractivity contribution in [1.29, 1.82) is 0 Å². The summed E-state index contributed by atoms with van der Waals surface area (Å²) in [6, 6.07) is 2.55. The van der Waals surface area contributed by atoms with Crippen LogP contribution >= 0.6 is 0 Å². The Balaban J connectivity index is 1.60. The van der Waals surface area contributed by atoms with Crippen molar-refractivity contribution in [1.82, 2.24) is 15.1 Å². The summed E-state index contributed by atoms with van der Waals surface area (Å²) in [5.74, 6) is 0.840. The lowest BCUT2D eigenvalue weighted by Crippen LogP contribution is -2.32. The first-order chi connectivity index (χ1) is 8.34. The van der Waals surface area contributed by atoms with Crippen molar-refractivity contribution >= 4 is 0 Å². The van der Waals surface area contributed by atoms with Crippen LogP contribution in [0.4, 0.5) is 0 Å². The highest BCUT2D eigenvalue weighted by molar-refractivity contribution is 4.90. The molecule has 0 saturated carbocycles. The second-order valence-corrected chi connectivity index (χ2v) is 5.02. The van der Waals surface area contributed by atoms with Crippen molar-refractivity contribution in [2.75, 3.05) is 6.54 Å². The molecule has 17 heavy (non-hydrogen) atoms. The van der Waals surface area contributed by atoms with Gasteiger partial charge in [0.2, 0.25) is 0 Å². The number of aromatic nitrogens is 2. The van der Waals surface area contributed by atoms with E-state index in [4.69, 9.17) is 0 Å². The maximum atomic E-state index is 4.22. The van der Waals surface area contributed by atoms with Crippen LogP contribution in [0.5, 0.6) is 0 Å². The van der Waals surface area contributed by atoms with Crippen LogP contribution in [0.3, 0.4) is 0 Å². The zero-order valence-corrected chi connectivity index (χ0v) is 10.7. The van der Waals surface area contributed by atoms with Crippen LogP contribution in [0.1, 0.15) is 32.6 Å². The molecule has 0 aromatic carbocycles. The van der Waals surface area contributed by atoms with Gasteiger partial charge in [0.05, 0.1) is 0 Å². The molecule has 0 radical (unpaired) electrons. The Morgan fingerprint density at radius 3 is 3.12 bits per heavy atom. The summed E-state index contributed by atoms with van der Waals surface area (Å²) in [4.78, 5) is 0. The normalized spacial score (nSPS) is 21.6. The molecular weight excluding hydrogens is 210 g/mol. The number of hydrogen-bond donors (Lipinski definition) is 1. The molecule has 0 bridgehead atoms. The monoisotopic (exact) mass is 233 g/mol. The Morgan fingerprint density at radius 1 is 1.47 bits per heavy atom. The fourth-order valence-corrected chi connectivity index (χ4v) is 2.27. The number of allylic oxidation sites excluding steroid dienone is 2. The molecule has 1 heterocycles. The van der Waals surface area contributed by atoms with Crippen LogP contribution in [0.2, 0.25) is 0 Å². The summed E-state index contributed by atoms with van der Waals surface area (Å²) in [5.41, 5.74) is 0. The molecule has 0 unspecified atom stereocenters. The molecule has 0 aliphatic heterocycles. The Labute approximate surface area is 104 Å². The predicted molar refractivity (Wildman–Crippen MR) is 70.8 cm³/mol. The number of hydrogen-bond acceptors (Lipinski definition) is 2. The largest absolute Gasteiger partial charge is 0.314 e. The maximum absolute atomic E-state index is 4.22. The van der Waals surface area contributed by atoms with Crippen LogP contribution < -0.4 is 5.32 Å². The summed E-state index contributed by atoms with van der Waals surface area (Å²) in [6.45, 7) is 4.43. The topological polar surface area (TPSA) is 29.9 Å². The molecular formula is C14H23N3. The van der Waals surface area contributed by atoms with Gasteiger partial charge in [0.1, 0.15) is 0 Å². The van der Waals surface area contributed by atoms with Crippen LogP contribution in [-0.4, -0.2) is 22.4 Å². The maximum Gasteiger partial charge on any atom is 0.0489 e. The summed E-state index contributed by atoms with van der Waals surface area (Å²) < 4.78 is 2.00. The second kappa shape index (κ2) is 6.60. The fourth-order valence-electron chi connectivity index (χ4n) is 2.27. The van der Waals surface area contributed by atoms with E-state index in [0.29, 0.717) is 6.04 Å². The van der Waals surface area contributed by atoms with Gasteiger partial charge in [-0.3, -0.25) is 4.68 Å². The first-order valence-corrected chi connectivity index (χ1v) is 6.70. The van der Waals surface area contributed by atoms with Gasteiger partial charge >= 0.3 is 0 Å². The number of rotatable bonds is 6. The van der Waals surface area contributed by atoms with Gasteiger partial charge in [-0.05, 0) is 51.1 Å². The quantitative estimate of drug-likeness (QED) is 0.765. The molecule has 0 fully saturated rings. The molecule has 0 saturated heterocycles. The van der Waals surface area contributed by atoms with E-state index in [1.165, 1.54) is 19.3 Å². The summed E-state index contributed by atoms with van der Waals surface area (Å²) in [6.07, 6.45) is 13.5. The lowest BCUT2D eigenvalue weighted by Gasteiger charge is -2.21. The standard InChI is InChI=1S/C14H23N3/c1-13(8-11-17-10-5-9-16-17)15-12-14-6-3-2-4-7-14/h2-3,5,9-10,13-15H,4,6-8,11-12H2,1H3/t13-,14+/m1/s1. The highest BCUT2D eigenvalue weighted by Gasteiger charge is 2.10. The number of aryl methyl sites for hydroxylation is 1. The van der Waals surface area contributed by atoms with Gasteiger partial charge in [0.25, 0.3) is 0 Å². The summed E-state index contributed by atoms with van der Waals surface area (Å²) in [5, 5.41) is 7.86. The molecule has 2 rings (SSSR count). The van der Waals surface area contributed by atoms with Gasteiger partial charge in [-0.2, -0.15) is 5.10 Å². The van der Waals surface area contributed by atoms with Gasteiger partial charge in [-0.25, -0.2) is 0 Å². The summed E-state index contributed by atoms with van der Waals surface area (Å²) in [7, 11) is 0. The van der Waals surface area contributed by atoms with E-state index in [-0.39, 0.29) is 0 Å². The minimum atomic E-state index is 0.574. The molecule has 1 aromatic rings. The van der Waals surface area contributed by atoms with E-state index in [9.17, 15) is 0 Å². The van der Waals surface area contributed by atoms with E-state index >= 15 is 0 Å². The minimum absolute atomic E-state index is 0.574. The Bertz CT molecular complexity index is 329. The van der Waals surface area contributed by atoms with Crippen LogP contribution in [-0.2, 0) is 6.54 Å². The second-order valence-electron chi connectivity index (χ2n) is 5.02. The minimum Gasteiger partial charge on any atom is -0.314 e. The fraction of sp³-hybridized carbons (Fsp3) is 0.643. The van der Waals surface area contributed by atoms with Crippen molar-refractivity contribution < 1.29 is 0 Å². The molecule has 0 amide bonds. The third kappa shape index (κ3) is 4.35. The van der Waals surface area contributed by atoms with Gasteiger partial charge in [-0.15, -0.1) is 0 Å². The SMILES string of the molecule is C[C@H](CCn1cccn1)NC[C@H]1CC=CCC1. The third-order valence-corrected chi connectivity index (χ3v) is 3.48. The van der Waals surface area contributed by atoms with E-state index < -0.39 is 0 Å². The van der Waals surface area contributed by atoms with Crippen molar-refractivity contribution in [3.63, 3.8) is 0 Å². The van der Waals surface area contributed by atoms with Crippen LogP contribution in [0.25, 0.3) is 0 Å². The third-order valence-electron chi connectivity index (χ3n) is 3.48. The van der Waals surface area contributed by atoms with E-state index in [1.54, 1.807) is 0 Å². The number of nitrogens with zero attached hydrogens (tertiary/aromatic N) is 2. The van der Waals surface area contributed by atoms with Gasteiger partial charge in [0.15, 0.2) is 0 Å². The van der Waals surface area contributed by atoms with E-state index in [2.05, 4.69) is 29.5 Å². The predicted octanol–water partition coefficient (Wildman–Crippen LogP) is 2.61. The molecule has 3 heteroatoms. The molecule has 1 aliphatic rings. The summed E-state index contributed by atoms with van der Waals surface area (Å²) >= 11 is 0. The van der Waals surface area contributed by atoms with Crippen LogP contribution in [0.15, 0.2) is 30.6 Å². The lowest BCUT2D eigenvalue weighted by molar-refractivity contribution is 0.388. The first kappa shape index (κ1) is 12.4. The highest BCUT2D eigenvalue weighted by Crippen LogP contribution is 2.17. The Morgan fingerprint density at radius 2 is 2.41 bits per heavy atom. The Kier molecular flexibility index (Phi) is 4.80. The molecule has 1 aromatic heterocycles. The van der Waals surface area contributed by atoms with Crippen molar-refractivity contribution in [2.24, 2.45) is 5.92 Å². The average Bonchev–Trinajstić information content (AvgIpc) is 2.88. The molecule has 2 atom stereocenters. The average molecular weight is 233 g/mol. The first-order valence-electron chi connectivity index (χ1n) is 6.70. The molecule has 94 valence electrons. The van der Waals surface area contributed by atoms with Gasteiger partial charge < -0.3 is 5.32 Å². The molecule has 3 nitrogen and oxygen atoms in total. The molecule has 0 spiro atoms. The van der Waals surface area contributed by atoms with Crippen LogP contribution in [0, 0.1) is 5.92 Å². The number of nitrogens with one attached hydrogen (secondary N) is 1. The van der Waals surface area contributed by atoms with Crippen molar-refractivity contribution in [2.45, 2.75) is 45.2 Å². The lowest BCUT2D eigenvalue weighted by atomic mass is 9.94. The van der Waals surface area contributed by atoms with Gasteiger partial charge in [0, 0.05) is 25.0 Å². The van der Waals surface area contributed by atoms with E-state index in [1.807, 2.05) is 23.1 Å². The zero-order valence-electron chi connectivity index (χ0n) is 10.7. The van der Waals surface area contributed by atoms with E-state index in [0.717, 1.165) is 25.4 Å². The molecule has 1 aliphatic carbocycles. The van der Waals surface area contributed by atoms with Crippen molar-refractivity contribution in [3.05, 3.63) is 30.6 Å².